The number of nitrogens with zero attached hydrogens (tertiary/aromatic N) is 1. The van der Waals surface area contributed by atoms with Crippen LogP contribution in [-0.2, 0) is 32.7 Å². The number of carbonyl (C=O) groups excluding carboxylic acids is 2. The summed E-state index contributed by atoms with van der Waals surface area (Å²) in [7, 11) is -0.174. The Morgan fingerprint density at radius 3 is 1.54 bits per heavy atom. The molecule has 0 aliphatic carbocycles. The van der Waals surface area contributed by atoms with E-state index in [1.54, 1.807) is 21.1 Å². The van der Waals surface area contributed by atoms with Gasteiger partial charge in [-0.05, 0) is 12.8 Å². The molecule has 0 amide bonds. The van der Waals surface area contributed by atoms with Crippen molar-refractivity contribution >= 4 is 19.8 Å². The van der Waals surface area contributed by atoms with Gasteiger partial charge in [0.05, 0.1) is 27.7 Å². The molecule has 10 heteroatoms. The minimum absolute atomic E-state index is 0.125. The number of esters is 2. The third kappa shape index (κ3) is 40.7. The summed E-state index contributed by atoms with van der Waals surface area (Å²) in [5.74, 6) is -3.56. The number of hydrogen-bond acceptors (Lipinski definition) is 8. The Bertz CT molecular complexity index is 2330. The Kier molecular flexibility index (Phi) is 13.2. The van der Waals surface area contributed by atoms with Gasteiger partial charge in [0.25, 0.3) is 7.82 Å². The van der Waals surface area contributed by atoms with Crippen LogP contribution in [0.3, 0.4) is 0 Å². The van der Waals surface area contributed by atoms with Gasteiger partial charge in [-0.15, -0.1) is 0 Å². The van der Waals surface area contributed by atoms with Crippen molar-refractivity contribution in [2.75, 3.05) is 47.5 Å². The minimum atomic E-state index is -5.35. The first-order valence-corrected chi connectivity index (χ1v) is 19.9. The average Bonchev–Trinajstić information content (AvgIpc) is 0.690. The highest BCUT2D eigenvalue weighted by Gasteiger charge is 2.21. The summed E-state index contributed by atoms with van der Waals surface area (Å²) in [4.78, 5) is 39.2. The molecule has 0 aliphatic heterocycles. The summed E-state index contributed by atoms with van der Waals surface area (Å²) in [6.45, 7) is -4.96. The van der Waals surface area contributed by atoms with Gasteiger partial charge in [-0.3, -0.25) is 14.2 Å². The van der Waals surface area contributed by atoms with Crippen LogP contribution < -0.4 is 4.89 Å². The fourth-order valence-electron chi connectivity index (χ4n) is 4.33. The highest BCUT2D eigenvalue weighted by Crippen LogP contribution is 2.38. The highest BCUT2D eigenvalue weighted by atomic mass is 31.2. The predicted molar refractivity (Wildman–Crippen MR) is 222 cm³/mol. The summed E-state index contributed by atoms with van der Waals surface area (Å²) in [5, 5.41) is 0. The Hall–Kier alpha value is -0.990. The number of phosphoric ester groups is 1. The maximum absolute atomic E-state index is 13.5. The van der Waals surface area contributed by atoms with Gasteiger partial charge in [-0.25, -0.2) is 0 Å². The lowest BCUT2D eigenvalue weighted by atomic mass is 10.0. The van der Waals surface area contributed by atoms with E-state index in [0.717, 1.165) is 44.9 Å². The second-order valence-corrected chi connectivity index (χ2v) is 14.4. The molecular formula is C44H88NO8P. The molecule has 0 N–H and O–H groups in total. The van der Waals surface area contributed by atoms with Gasteiger partial charge in [0.2, 0.25) is 0 Å². The average molecular weight is 825 g/mol. The molecule has 0 saturated carbocycles. The first-order valence-electron chi connectivity index (χ1n) is 35.9. The van der Waals surface area contributed by atoms with Crippen LogP contribution in [0, 0.1) is 0 Å². The molecule has 0 aromatic heterocycles. The smallest absolute Gasteiger partial charge is 0.306 e. The number of likely N-dealkylation sites (N-methyl/N-ethyl adjacent to an activating group) is 1. The lowest BCUT2D eigenvalue weighted by Crippen LogP contribution is -2.37. The van der Waals surface area contributed by atoms with E-state index in [-0.39, 0.29) is 23.9 Å². The van der Waals surface area contributed by atoms with Gasteiger partial charge in [0.15, 0.2) is 6.10 Å². The van der Waals surface area contributed by atoms with Crippen LogP contribution in [0.5, 0.6) is 0 Å². The normalized spacial score (nSPS) is 27.6. The van der Waals surface area contributed by atoms with Gasteiger partial charge in [0, 0.05) is 60.8 Å². The Labute approximate surface area is 383 Å². The van der Waals surface area contributed by atoms with Crippen molar-refractivity contribution < 1.29 is 90.0 Å². The largest absolute Gasteiger partial charge is 0.756 e. The third-order valence-corrected chi connectivity index (χ3v) is 8.12. The summed E-state index contributed by atoms with van der Waals surface area (Å²) < 4.78 is 321. The molecule has 0 heterocycles. The fourth-order valence-corrected chi connectivity index (χ4v) is 5.06. The molecule has 0 aromatic carbocycles. The van der Waals surface area contributed by atoms with Crippen LogP contribution >= 0.6 is 7.82 Å². The van der Waals surface area contributed by atoms with Crippen molar-refractivity contribution in [1.82, 2.24) is 0 Å². The molecular weight excluding hydrogens is 701 g/mol. The van der Waals surface area contributed by atoms with Gasteiger partial charge in [0.1, 0.15) is 19.8 Å². The maximum Gasteiger partial charge on any atom is 0.306 e. The molecule has 0 fully saturated rings. The minimum Gasteiger partial charge on any atom is -0.756 e. The van der Waals surface area contributed by atoms with Crippen LogP contribution in [-0.4, -0.2) is 70.0 Å². The van der Waals surface area contributed by atoms with Crippen molar-refractivity contribution in [3.05, 3.63) is 0 Å². The Morgan fingerprint density at radius 1 is 0.630 bits per heavy atom. The van der Waals surface area contributed by atoms with Crippen LogP contribution in [0.2, 0.25) is 0 Å². The molecule has 322 valence electrons. The number of carbonyl (C=O) groups is 2. The second kappa shape index (κ2) is 37.6. The Morgan fingerprint density at radius 2 is 1.07 bits per heavy atom. The topological polar surface area (TPSA) is 111 Å². The summed E-state index contributed by atoms with van der Waals surface area (Å²) >= 11 is 0. The summed E-state index contributed by atoms with van der Waals surface area (Å²) in [5.41, 5.74) is 0. The van der Waals surface area contributed by atoms with Crippen LogP contribution in [0.4, 0.5) is 0 Å². The second-order valence-electron chi connectivity index (χ2n) is 13.0. The van der Waals surface area contributed by atoms with Crippen molar-refractivity contribution in [3.63, 3.8) is 0 Å². The summed E-state index contributed by atoms with van der Waals surface area (Å²) in [6.07, 6.45) is -68.7. The fraction of sp³-hybridized carbons (Fsp3) is 0.955. The van der Waals surface area contributed by atoms with Crippen molar-refractivity contribution in [2.45, 2.75) is 225 Å². The number of unbranched alkanes of at least 4 members (excludes halogenated alkanes) is 14. The molecule has 0 aromatic rings. The quantitative estimate of drug-likeness (QED) is 0.0259. The molecule has 0 bridgehead atoms. The molecule has 0 saturated heterocycles. The number of quaternary nitrogens is 1. The van der Waals surface area contributed by atoms with Crippen molar-refractivity contribution in [3.8, 4) is 0 Å². The van der Waals surface area contributed by atoms with E-state index in [1.807, 2.05) is 0 Å². The van der Waals surface area contributed by atoms with E-state index in [2.05, 4.69) is 6.92 Å². The highest BCUT2D eigenvalue weighted by molar-refractivity contribution is 7.45. The SMILES string of the molecule is [2H]C([2H])([2H])C([2H])([2H])C([2H])([2H])C([2H])([2H])C([2H])([2H])C([2H])([2H])C([2H])([2H])C([2H])([2H])C([2H])([2H])C([2H])([2H])C([2H])([2H])C([2H])([2H])C([2H])([2H])C([2H])([2H])C([2H])([2H])C([2H])([2H])C([2H])([2H])C(=O)OC[C@H](COP(=O)([O-])OCC[N+](C)(C)C)OC(=O)CCCCCCCCCCCCCCCCC. The number of rotatable bonds is 42. The number of phosphoric acid groups is 1. The van der Waals surface area contributed by atoms with E-state index < -0.39 is 155 Å². The molecule has 54 heavy (non-hydrogen) atoms. The molecule has 9 nitrogen and oxygen atoms in total. The Balaban J connectivity index is 7.01. The number of ether oxygens (including phenoxy) is 2. The van der Waals surface area contributed by atoms with E-state index in [0.29, 0.717) is 6.42 Å². The molecule has 0 aliphatic rings. The van der Waals surface area contributed by atoms with E-state index in [1.165, 1.54) is 38.5 Å². The standard InChI is InChI=1S/C44H88NO8P/c1-6-8-10-12-14-16-18-20-22-24-26-28-30-32-34-36-43(46)50-40-42(41-52-54(48,49)51-39-38-45(3,4)5)53-44(47)37-35-33-31-29-27-25-23-21-19-17-15-13-11-9-7-2/h42H,6-41H2,1-5H3/t42-/m1/s1/i1D3,6D2,8D2,10D2,12D2,14D2,16D2,18D2,20D2,22D2,24D2,26D2,28D2,30D2,32D2,34D2,36D2. The monoisotopic (exact) mass is 825 g/mol. The predicted octanol–water partition coefficient (Wildman–Crippen LogP) is 12.2. The first-order chi connectivity index (χ1) is 39.2. The number of hydrogen-bond donors (Lipinski definition) is 0. The zero-order valence-corrected chi connectivity index (χ0v) is 33.3. The molecule has 2 atom stereocenters. The molecule has 0 spiro atoms. The van der Waals surface area contributed by atoms with Gasteiger partial charge >= 0.3 is 11.9 Å². The molecule has 1 unspecified atom stereocenters. The van der Waals surface area contributed by atoms with Crippen molar-refractivity contribution in [2.24, 2.45) is 0 Å². The first kappa shape index (κ1) is 18.9. The molecule has 0 radical (unpaired) electrons. The van der Waals surface area contributed by atoms with E-state index in [4.69, 9.17) is 66.5 Å². The van der Waals surface area contributed by atoms with Gasteiger partial charge in [-0.1, -0.05) is 193 Å². The lowest BCUT2D eigenvalue weighted by Gasteiger charge is -2.28. The van der Waals surface area contributed by atoms with Crippen molar-refractivity contribution in [1.29, 1.82) is 0 Å². The van der Waals surface area contributed by atoms with Crippen LogP contribution in [0.25, 0.3) is 0 Å². The lowest BCUT2D eigenvalue weighted by molar-refractivity contribution is -0.870. The van der Waals surface area contributed by atoms with E-state index in [9.17, 15) is 19.0 Å². The zero-order valence-electron chi connectivity index (χ0n) is 67.4. The van der Waals surface area contributed by atoms with Crippen LogP contribution in [0.15, 0.2) is 0 Å². The zero-order chi connectivity index (χ0) is 71.2. The van der Waals surface area contributed by atoms with Gasteiger partial charge in [-0.2, -0.15) is 0 Å². The third-order valence-electron chi connectivity index (χ3n) is 7.15. The van der Waals surface area contributed by atoms with E-state index >= 15 is 0 Å². The molecule has 0 rings (SSSR count). The van der Waals surface area contributed by atoms with Crippen LogP contribution in [0.1, 0.15) is 266 Å². The summed E-state index contributed by atoms with van der Waals surface area (Å²) in [6, 6.07) is 0. The van der Waals surface area contributed by atoms with Gasteiger partial charge < -0.3 is 27.9 Å². The maximum atomic E-state index is 13.5.